The number of hydrogen-bond donors (Lipinski definition) is 1. The first-order chi connectivity index (χ1) is 11.4. The zero-order chi connectivity index (χ0) is 17.7. The number of rotatable bonds is 5. The lowest BCUT2D eigenvalue weighted by Crippen LogP contribution is -2.24. The van der Waals surface area contributed by atoms with Crippen molar-refractivity contribution in [2.24, 2.45) is 5.10 Å². The minimum absolute atomic E-state index is 0.0638. The molecule has 24 heavy (non-hydrogen) atoms. The van der Waals surface area contributed by atoms with Crippen LogP contribution in [0.4, 0.5) is 0 Å². The fourth-order valence-electron chi connectivity index (χ4n) is 2.55. The van der Waals surface area contributed by atoms with Crippen LogP contribution in [0.1, 0.15) is 33.4 Å². The second-order valence-electron chi connectivity index (χ2n) is 6.14. The molecule has 0 aliphatic heterocycles. The third kappa shape index (κ3) is 4.69. The van der Waals surface area contributed by atoms with E-state index in [1.54, 1.807) is 6.21 Å². The Hall–Kier alpha value is -2.62. The lowest BCUT2D eigenvalue weighted by atomic mass is 10.0. The predicted molar refractivity (Wildman–Crippen MR) is 97.8 cm³/mol. The topological polar surface area (TPSA) is 50.7 Å². The maximum atomic E-state index is 11.8. The van der Waals surface area contributed by atoms with Crippen LogP contribution in [0.2, 0.25) is 0 Å². The Balaban J connectivity index is 1.90. The zero-order valence-corrected chi connectivity index (χ0v) is 14.9. The second kappa shape index (κ2) is 7.77. The normalized spacial score (nSPS) is 10.9. The average molecular weight is 324 g/mol. The molecule has 0 aliphatic carbocycles. The van der Waals surface area contributed by atoms with Crippen LogP contribution >= 0.6 is 0 Å². The van der Waals surface area contributed by atoms with E-state index in [2.05, 4.69) is 29.6 Å². The van der Waals surface area contributed by atoms with Gasteiger partial charge in [-0.15, -0.1) is 0 Å². The fourth-order valence-corrected chi connectivity index (χ4v) is 2.55. The molecule has 126 valence electrons. The SMILES string of the molecule is Cc1cc(C)c(/C=N\NC(=O)COc2ccc(C)c(C)c2)c(C)c1. The van der Waals surface area contributed by atoms with Crippen LogP contribution in [0.15, 0.2) is 35.4 Å². The standard InChI is InChI=1S/C20H24N2O2/c1-13-8-16(4)19(17(5)9-13)11-21-22-20(23)12-24-18-7-6-14(2)15(3)10-18/h6-11H,12H2,1-5H3,(H,22,23)/b21-11-. The summed E-state index contributed by atoms with van der Waals surface area (Å²) in [5.74, 6) is 0.398. The van der Waals surface area contributed by atoms with Crippen molar-refractivity contribution < 1.29 is 9.53 Å². The van der Waals surface area contributed by atoms with Crippen LogP contribution in [0.5, 0.6) is 5.75 Å². The summed E-state index contributed by atoms with van der Waals surface area (Å²) < 4.78 is 5.48. The molecule has 0 bridgehead atoms. The smallest absolute Gasteiger partial charge is 0.277 e. The molecule has 0 aromatic heterocycles. The van der Waals surface area contributed by atoms with Crippen molar-refractivity contribution in [1.29, 1.82) is 0 Å². The monoisotopic (exact) mass is 324 g/mol. The van der Waals surface area contributed by atoms with Crippen molar-refractivity contribution in [3.8, 4) is 5.75 Å². The van der Waals surface area contributed by atoms with Crippen molar-refractivity contribution >= 4 is 12.1 Å². The number of carbonyl (C=O) groups excluding carboxylic acids is 1. The zero-order valence-electron chi connectivity index (χ0n) is 14.9. The summed E-state index contributed by atoms with van der Waals surface area (Å²) in [7, 11) is 0. The van der Waals surface area contributed by atoms with Crippen LogP contribution in [0.25, 0.3) is 0 Å². The van der Waals surface area contributed by atoms with Crippen LogP contribution in [-0.4, -0.2) is 18.7 Å². The number of carbonyl (C=O) groups is 1. The number of benzene rings is 2. The average Bonchev–Trinajstić information content (AvgIpc) is 2.51. The van der Waals surface area contributed by atoms with E-state index in [4.69, 9.17) is 4.74 Å². The molecule has 0 fully saturated rings. The molecule has 0 aliphatic rings. The van der Waals surface area contributed by atoms with E-state index < -0.39 is 0 Å². The first kappa shape index (κ1) is 17.7. The van der Waals surface area contributed by atoms with Gasteiger partial charge in [0.25, 0.3) is 5.91 Å². The van der Waals surface area contributed by atoms with Gasteiger partial charge in [0, 0.05) is 5.56 Å². The minimum Gasteiger partial charge on any atom is -0.484 e. The molecule has 0 spiro atoms. The molecule has 1 N–H and O–H groups in total. The second-order valence-corrected chi connectivity index (χ2v) is 6.14. The number of hydrogen-bond acceptors (Lipinski definition) is 3. The number of ether oxygens (including phenoxy) is 1. The summed E-state index contributed by atoms with van der Waals surface area (Å²) in [5, 5.41) is 4.03. The summed E-state index contributed by atoms with van der Waals surface area (Å²) in [4.78, 5) is 11.8. The summed E-state index contributed by atoms with van der Waals surface area (Å²) in [5.41, 5.74) is 9.34. The number of aryl methyl sites for hydroxylation is 5. The first-order valence-electron chi connectivity index (χ1n) is 7.96. The van der Waals surface area contributed by atoms with Gasteiger partial charge in [-0.05, 0) is 69.0 Å². The molecule has 4 nitrogen and oxygen atoms in total. The van der Waals surface area contributed by atoms with E-state index in [0.29, 0.717) is 5.75 Å². The highest BCUT2D eigenvalue weighted by atomic mass is 16.5. The molecule has 4 heteroatoms. The van der Waals surface area contributed by atoms with Gasteiger partial charge < -0.3 is 4.74 Å². The van der Waals surface area contributed by atoms with Gasteiger partial charge in [-0.2, -0.15) is 5.10 Å². The van der Waals surface area contributed by atoms with Crippen molar-refractivity contribution in [1.82, 2.24) is 5.43 Å². The minimum atomic E-state index is -0.285. The third-order valence-corrected chi connectivity index (χ3v) is 3.97. The summed E-state index contributed by atoms with van der Waals surface area (Å²) >= 11 is 0. The molecule has 0 heterocycles. The van der Waals surface area contributed by atoms with E-state index >= 15 is 0 Å². The Kier molecular flexibility index (Phi) is 5.74. The van der Waals surface area contributed by atoms with Gasteiger partial charge in [-0.1, -0.05) is 23.8 Å². The highest BCUT2D eigenvalue weighted by Gasteiger charge is 2.04. The summed E-state index contributed by atoms with van der Waals surface area (Å²) in [6.07, 6.45) is 1.68. The molecule has 0 saturated carbocycles. The Morgan fingerprint density at radius 3 is 2.29 bits per heavy atom. The third-order valence-electron chi connectivity index (χ3n) is 3.97. The van der Waals surface area contributed by atoms with Gasteiger partial charge in [0.1, 0.15) is 5.75 Å². The van der Waals surface area contributed by atoms with E-state index in [1.807, 2.05) is 45.9 Å². The molecule has 2 aromatic rings. The fraction of sp³-hybridized carbons (Fsp3) is 0.300. The highest BCUT2D eigenvalue weighted by Crippen LogP contribution is 2.16. The number of hydrazone groups is 1. The van der Waals surface area contributed by atoms with E-state index in [-0.39, 0.29) is 12.5 Å². The van der Waals surface area contributed by atoms with Crippen LogP contribution in [0.3, 0.4) is 0 Å². The highest BCUT2D eigenvalue weighted by molar-refractivity contribution is 5.85. The molecule has 1 amide bonds. The Bertz CT molecular complexity index is 756. The van der Waals surface area contributed by atoms with E-state index in [1.165, 1.54) is 11.1 Å². The van der Waals surface area contributed by atoms with Crippen molar-refractivity contribution in [3.63, 3.8) is 0 Å². The maximum Gasteiger partial charge on any atom is 0.277 e. The van der Waals surface area contributed by atoms with Crippen molar-refractivity contribution in [2.45, 2.75) is 34.6 Å². The molecular formula is C20H24N2O2. The molecule has 2 rings (SSSR count). The van der Waals surface area contributed by atoms with Crippen LogP contribution < -0.4 is 10.2 Å². The summed E-state index contributed by atoms with van der Waals surface area (Å²) in [6, 6.07) is 9.95. The molecular weight excluding hydrogens is 300 g/mol. The van der Waals surface area contributed by atoms with Crippen molar-refractivity contribution in [2.75, 3.05) is 6.61 Å². The first-order valence-corrected chi connectivity index (χ1v) is 7.96. The van der Waals surface area contributed by atoms with Gasteiger partial charge in [0.2, 0.25) is 0 Å². The van der Waals surface area contributed by atoms with E-state index in [9.17, 15) is 4.79 Å². The lowest BCUT2D eigenvalue weighted by Gasteiger charge is -2.08. The Morgan fingerprint density at radius 2 is 1.67 bits per heavy atom. The largest absolute Gasteiger partial charge is 0.484 e. The molecule has 0 radical (unpaired) electrons. The van der Waals surface area contributed by atoms with Crippen molar-refractivity contribution in [3.05, 3.63) is 63.7 Å². The molecule has 2 aromatic carbocycles. The summed E-state index contributed by atoms with van der Waals surface area (Å²) in [6.45, 7) is 10.1. The van der Waals surface area contributed by atoms with Crippen LogP contribution in [0, 0.1) is 34.6 Å². The van der Waals surface area contributed by atoms with E-state index in [0.717, 1.165) is 22.3 Å². The van der Waals surface area contributed by atoms with Gasteiger partial charge in [0.15, 0.2) is 6.61 Å². The van der Waals surface area contributed by atoms with Gasteiger partial charge in [-0.3, -0.25) is 4.79 Å². The molecule has 0 saturated heterocycles. The quantitative estimate of drug-likeness (QED) is 0.672. The predicted octanol–water partition coefficient (Wildman–Crippen LogP) is 3.76. The number of amides is 1. The van der Waals surface area contributed by atoms with Crippen LogP contribution in [-0.2, 0) is 4.79 Å². The number of nitrogens with zero attached hydrogens (tertiary/aromatic N) is 1. The van der Waals surface area contributed by atoms with Gasteiger partial charge in [0.05, 0.1) is 6.21 Å². The molecule has 0 unspecified atom stereocenters. The Morgan fingerprint density at radius 1 is 1.00 bits per heavy atom. The van der Waals surface area contributed by atoms with Gasteiger partial charge in [-0.25, -0.2) is 5.43 Å². The Labute approximate surface area is 143 Å². The molecule has 0 atom stereocenters. The number of nitrogens with one attached hydrogen (secondary N) is 1. The van der Waals surface area contributed by atoms with Gasteiger partial charge >= 0.3 is 0 Å². The maximum absolute atomic E-state index is 11.8. The lowest BCUT2D eigenvalue weighted by molar-refractivity contribution is -0.123.